The number of carbonyl (C=O) groups excluding carboxylic acids is 1. The van der Waals surface area contributed by atoms with Crippen molar-refractivity contribution in [1.82, 2.24) is 10.2 Å². The lowest BCUT2D eigenvalue weighted by atomic mass is 10.2. The lowest BCUT2D eigenvalue weighted by Crippen LogP contribution is -2.45. The molecule has 1 amide bonds. The van der Waals surface area contributed by atoms with Gasteiger partial charge in [-0.3, -0.25) is 9.69 Å². The van der Waals surface area contributed by atoms with Crippen molar-refractivity contribution in [3.05, 3.63) is 0 Å². The van der Waals surface area contributed by atoms with Crippen LogP contribution in [0.5, 0.6) is 0 Å². The molecular formula is C12H26N2O3. The van der Waals surface area contributed by atoms with Crippen molar-refractivity contribution in [3.8, 4) is 0 Å². The monoisotopic (exact) mass is 246 g/mol. The Bertz CT molecular complexity index is 210. The van der Waals surface area contributed by atoms with Gasteiger partial charge in [0.1, 0.15) is 0 Å². The zero-order valence-corrected chi connectivity index (χ0v) is 11.4. The summed E-state index contributed by atoms with van der Waals surface area (Å²) in [5, 5.41) is 11.7. The highest BCUT2D eigenvalue weighted by Crippen LogP contribution is 1.99. The minimum absolute atomic E-state index is 0.00110. The van der Waals surface area contributed by atoms with Crippen LogP contribution in [0.15, 0.2) is 0 Å². The van der Waals surface area contributed by atoms with E-state index >= 15 is 0 Å². The number of hydrogen-bond donors (Lipinski definition) is 2. The lowest BCUT2D eigenvalue weighted by Gasteiger charge is -2.26. The molecule has 5 heteroatoms. The predicted molar refractivity (Wildman–Crippen MR) is 67.9 cm³/mol. The van der Waals surface area contributed by atoms with Gasteiger partial charge in [0.05, 0.1) is 13.2 Å². The van der Waals surface area contributed by atoms with Gasteiger partial charge in [-0.1, -0.05) is 0 Å². The number of rotatable bonds is 9. The molecule has 0 spiro atoms. The van der Waals surface area contributed by atoms with Gasteiger partial charge in [-0.25, -0.2) is 0 Å². The van der Waals surface area contributed by atoms with Crippen molar-refractivity contribution < 1.29 is 14.6 Å². The van der Waals surface area contributed by atoms with E-state index in [1.54, 1.807) is 7.11 Å². The zero-order chi connectivity index (χ0) is 13.3. The minimum atomic E-state index is 0.00110. The van der Waals surface area contributed by atoms with Crippen LogP contribution in [0.25, 0.3) is 0 Å². The summed E-state index contributed by atoms with van der Waals surface area (Å²) in [4.78, 5) is 13.8. The number of amides is 1. The second-order valence-electron chi connectivity index (χ2n) is 4.57. The van der Waals surface area contributed by atoms with Crippen molar-refractivity contribution in [2.75, 3.05) is 33.4 Å². The van der Waals surface area contributed by atoms with Gasteiger partial charge in [-0.15, -0.1) is 0 Å². The van der Waals surface area contributed by atoms with E-state index in [9.17, 15) is 4.79 Å². The predicted octanol–water partition coefficient (Wildman–Crippen LogP) is 0.230. The van der Waals surface area contributed by atoms with Gasteiger partial charge >= 0.3 is 0 Å². The molecule has 5 nitrogen and oxygen atoms in total. The molecule has 17 heavy (non-hydrogen) atoms. The van der Waals surface area contributed by atoms with Gasteiger partial charge in [0.15, 0.2) is 0 Å². The second kappa shape index (κ2) is 9.39. The van der Waals surface area contributed by atoms with E-state index in [4.69, 9.17) is 9.84 Å². The fourth-order valence-electron chi connectivity index (χ4n) is 1.59. The maximum absolute atomic E-state index is 11.7. The van der Waals surface area contributed by atoms with E-state index < -0.39 is 0 Å². The largest absolute Gasteiger partial charge is 0.396 e. The first-order valence-electron chi connectivity index (χ1n) is 6.14. The molecule has 0 radical (unpaired) electrons. The van der Waals surface area contributed by atoms with Crippen LogP contribution in [0.3, 0.4) is 0 Å². The summed E-state index contributed by atoms with van der Waals surface area (Å²) in [6.45, 7) is 7.78. The first kappa shape index (κ1) is 16.4. The number of aliphatic hydroxyl groups excluding tert-OH is 1. The zero-order valence-electron chi connectivity index (χ0n) is 11.4. The van der Waals surface area contributed by atoms with Crippen LogP contribution in [0.1, 0.15) is 27.2 Å². The highest BCUT2D eigenvalue weighted by atomic mass is 16.5. The highest BCUT2D eigenvalue weighted by molar-refractivity contribution is 5.78. The molecule has 1 atom stereocenters. The Morgan fingerprint density at radius 1 is 1.41 bits per heavy atom. The number of methoxy groups -OCH3 is 1. The Morgan fingerprint density at radius 3 is 2.53 bits per heavy atom. The lowest BCUT2D eigenvalue weighted by molar-refractivity contribution is -0.123. The maximum Gasteiger partial charge on any atom is 0.234 e. The third kappa shape index (κ3) is 8.12. The molecule has 0 aromatic heterocycles. The smallest absolute Gasteiger partial charge is 0.234 e. The summed E-state index contributed by atoms with van der Waals surface area (Å²) in [6.07, 6.45) is 0.694. The molecule has 0 aromatic carbocycles. The third-order valence-corrected chi connectivity index (χ3v) is 2.50. The first-order valence-corrected chi connectivity index (χ1v) is 6.14. The standard InChI is InChI=1S/C12H26N2O3/c1-10(2)14(6-5-7-15)8-12(16)13-11(3)9-17-4/h10-11,15H,5-9H2,1-4H3,(H,13,16). The molecule has 0 rings (SSSR count). The average Bonchev–Trinajstić information content (AvgIpc) is 2.23. The van der Waals surface area contributed by atoms with Gasteiger partial charge in [0.25, 0.3) is 0 Å². The Balaban J connectivity index is 4.02. The molecular weight excluding hydrogens is 220 g/mol. The average molecular weight is 246 g/mol. The van der Waals surface area contributed by atoms with Gasteiger partial charge in [0, 0.05) is 32.3 Å². The maximum atomic E-state index is 11.7. The molecule has 0 saturated heterocycles. The van der Waals surface area contributed by atoms with Gasteiger partial charge < -0.3 is 15.2 Å². The summed E-state index contributed by atoms with van der Waals surface area (Å²) in [5.41, 5.74) is 0. The van der Waals surface area contributed by atoms with E-state index in [1.807, 2.05) is 25.7 Å². The van der Waals surface area contributed by atoms with Crippen molar-refractivity contribution in [2.24, 2.45) is 0 Å². The number of carbonyl (C=O) groups is 1. The Morgan fingerprint density at radius 2 is 2.06 bits per heavy atom. The number of hydrogen-bond acceptors (Lipinski definition) is 4. The van der Waals surface area contributed by atoms with Crippen LogP contribution in [0.4, 0.5) is 0 Å². The molecule has 0 bridgehead atoms. The summed E-state index contributed by atoms with van der Waals surface area (Å²) in [5.74, 6) is 0.00110. The fraction of sp³-hybridized carbons (Fsp3) is 0.917. The van der Waals surface area contributed by atoms with Crippen LogP contribution >= 0.6 is 0 Å². The SMILES string of the molecule is COCC(C)NC(=O)CN(CCCO)C(C)C. The van der Waals surface area contributed by atoms with E-state index in [-0.39, 0.29) is 18.6 Å². The molecule has 0 aromatic rings. The van der Waals surface area contributed by atoms with Crippen LogP contribution < -0.4 is 5.32 Å². The number of nitrogens with one attached hydrogen (secondary N) is 1. The molecule has 0 aliphatic carbocycles. The van der Waals surface area contributed by atoms with E-state index in [2.05, 4.69) is 5.32 Å². The molecule has 2 N–H and O–H groups in total. The number of nitrogens with zero attached hydrogens (tertiary/aromatic N) is 1. The molecule has 0 fully saturated rings. The minimum Gasteiger partial charge on any atom is -0.396 e. The Labute approximate surface area is 104 Å². The molecule has 1 unspecified atom stereocenters. The molecule has 0 aliphatic heterocycles. The second-order valence-corrected chi connectivity index (χ2v) is 4.57. The van der Waals surface area contributed by atoms with Crippen LogP contribution in [0.2, 0.25) is 0 Å². The Hall–Kier alpha value is -0.650. The third-order valence-electron chi connectivity index (χ3n) is 2.50. The summed E-state index contributed by atoms with van der Waals surface area (Å²) >= 11 is 0. The normalized spacial score (nSPS) is 13.1. The number of aliphatic hydroxyl groups is 1. The highest BCUT2D eigenvalue weighted by Gasteiger charge is 2.14. The quantitative estimate of drug-likeness (QED) is 0.611. The van der Waals surface area contributed by atoms with Gasteiger partial charge in [0.2, 0.25) is 5.91 Å². The van der Waals surface area contributed by atoms with E-state index in [1.165, 1.54) is 0 Å². The molecule has 0 saturated carbocycles. The van der Waals surface area contributed by atoms with Crippen LogP contribution in [-0.2, 0) is 9.53 Å². The van der Waals surface area contributed by atoms with Crippen LogP contribution in [0, 0.1) is 0 Å². The first-order chi connectivity index (χ1) is 8.01. The van der Waals surface area contributed by atoms with Crippen molar-refractivity contribution >= 4 is 5.91 Å². The van der Waals surface area contributed by atoms with Gasteiger partial charge in [-0.05, 0) is 27.2 Å². The molecule has 0 aliphatic rings. The summed E-state index contributed by atoms with van der Waals surface area (Å²) in [6, 6.07) is 0.324. The van der Waals surface area contributed by atoms with Crippen molar-refractivity contribution in [2.45, 2.75) is 39.3 Å². The Kier molecular flexibility index (Phi) is 9.03. The van der Waals surface area contributed by atoms with E-state index in [0.29, 0.717) is 25.6 Å². The van der Waals surface area contributed by atoms with Crippen LogP contribution in [-0.4, -0.2) is 61.4 Å². The van der Waals surface area contributed by atoms with Gasteiger partial charge in [-0.2, -0.15) is 0 Å². The topological polar surface area (TPSA) is 61.8 Å². The van der Waals surface area contributed by atoms with Crippen molar-refractivity contribution in [3.63, 3.8) is 0 Å². The van der Waals surface area contributed by atoms with E-state index in [0.717, 1.165) is 6.54 Å². The summed E-state index contributed by atoms with van der Waals surface area (Å²) < 4.78 is 4.96. The van der Waals surface area contributed by atoms with Crippen molar-refractivity contribution in [1.29, 1.82) is 0 Å². The molecule has 102 valence electrons. The fourth-order valence-corrected chi connectivity index (χ4v) is 1.59. The summed E-state index contributed by atoms with van der Waals surface area (Å²) in [7, 11) is 1.62. The number of ether oxygens (including phenoxy) is 1. The molecule has 0 heterocycles.